The molecule has 0 spiro atoms. The summed E-state index contributed by atoms with van der Waals surface area (Å²) in [5.74, 6) is -0.0702. The molecule has 22 heavy (non-hydrogen) atoms. The molecule has 3 rings (SSSR count). The molecule has 0 saturated heterocycles. The number of hydrogen-bond acceptors (Lipinski definition) is 5. The minimum atomic E-state index is -0.291. The molecule has 0 radical (unpaired) electrons. The molecule has 1 aromatic heterocycles. The Hall–Kier alpha value is -2.28. The van der Waals surface area contributed by atoms with Gasteiger partial charge in [0.25, 0.3) is 5.91 Å². The first kappa shape index (κ1) is 14.6. The van der Waals surface area contributed by atoms with Crippen LogP contribution in [0.4, 0.5) is 5.69 Å². The van der Waals surface area contributed by atoms with Crippen LogP contribution in [0.5, 0.6) is 0 Å². The molecule has 0 aliphatic heterocycles. The molecule has 6 nitrogen and oxygen atoms in total. The van der Waals surface area contributed by atoms with Gasteiger partial charge in [-0.15, -0.1) is 10.2 Å². The van der Waals surface area contributed by atoms with Gasteiger partial charge in [0.2, 0.25) is 10.9 Å². The summed E-state index contributed by atoms with van der Waals surface area (Å²) in [5.41, 5.74) is 1.84. The van der Waals surface area contributed by atoms with Crippen molar-refractivity contribution in [1.82, 2.24) is 15.5 Å². The van der Waals surface area contributed by atoms with Gasteiger partial charge in [-0.25, -0.2) is 0 Å². The van der Waals surface area contributed by atoms with E-state index in [1.54, 1.807) is 0 Å². The fourth-order valence-electron chi connectivity index (χ4n) is 1.89. The second-order valence-electron chi connectivity index (χ2n) is 5.31. The van der Waals surface area contributed by atoms with E-state index in [2.05, 4.69) is 20.8 Å². The van der Waals surface area contributed by atoms with Crippen molar-refractivity contribution in [1.29, 1.82) is 0 Å². The summed E-state index contributed by atoms with van der Waals surface area (Å²) in [6.07, 6.45) is 1.93. The number of rotatable bonds is 5. The van der Waals surface area contributed by atoms with Gasteiger partial charge in [0.1, 0.15) is 5.01 Å². The molecule has 2 amide bonds. The molecule has 2 aromatic rings. The first-order valence-electron chi connectivity index (χ1n) is 7.10. The first-order chi connectivity index (χ1) is 10.6. The van der Waals surface area contributed by atoms with E-state index in [-0.39, 0.29) is 22.7 Å². The Balaban J connectivity index is 1.56. The fourth-order valence-corrected chi connectivity index (χ4v) is 2.57. The van der Waals surface area contributed by atoms with Crippen LogP contribution in [0.1, 0.15) is 33.2 Å². The minimum absolute atomic E-state index is 0.0563. The van der Waals surface area contributed by atoms with E-state index in [4.69, 9.17) is 0 Å². The second-order valence-corrected chi connectivity index (χ2v) is 6.38. The fraction of sp³-hybridized carbons (Fsp3) is 0.333. The van der Waals surface area contributed by atoms with Gasteiger partial charge in [-0.2, -0.15) is 0 Å². The van der Waals surface area contributed by atoms with Gasteiger partial charge in [0.05, 0.1) is 6.54 Å². The number of benzene rings is 1. The molecule has 1 heterocycles. The molecule has 0 unspecified atom stereocenters. The molecular formula is C15H16N4O2S. The highest BCUT2D eigenvalue weighted by Crippen LogP contribution is 2.28. The smallest absolute Gasteiger partial charge is 0.286 e. The molecule has 7 heteroatoms. The number of aryl methyl sites for hydroxylation is 1. The quantitative estimate of drug-likeness (QED) is 0.885. The Kier molecular flexibility index (Phi) is 4.15. The number of nitrogens with zero attached hydrogens (tertiary/aromatic N) is 2. The summed E-state index contributed by atoms with van der Waals surface area (Å²) in [4.78, 5) is 23.6. The van der Waals surface area contributed by atoms with E-state index in [0.29, 0.717) is 11.6 Å². The molecule has 1 saturated carbocycles. The maximum Gasteiger partial charge on any atom is 0.286 e. The highest BCUT2D eigenvalue weighted by atomic mass is 32.1. The summed E-state index contributed by atoms with van der Waals surface area (Å²) in [7, 11) is 0. The monoisotopic (exact) mass is 316 g/mol. The van der Waals surface area contributed by atoms with E-state index in [0.717, 1.165) is 24.1 Å². The van der Waals surface area contributed by atoms with Crippen LogP contribution in [-0.4, -0.2) is 22.0 Å². The topological polar surface area (TPSA) is 84.0 Å². The molecule has 0 atom stereocenters. The Labute approximate surface area is 132 Å². The lowest BCUT2D eigenvalue weighted by Gasteiger charge is -2.02. The Morgan fingerprint density at radius 3 is 2.64 bits per heavy atom. The average Bonchev–Trinajstić information content (AvgIpc) is 3.25. The van der Waals surface area contributed by atoms with Crippen LogP contribution in [0.3, 0.4) is 0 Å². The van der Waals surface area contributed by atoms with E-state index in [1.807, 2.05) is 31.2 Å². The molecule has 1 aromatic carbocycles. The van der Waals surface area contributed by atoms with Crippen LogP contribution in [0.25, 0.3) is 0 Å². The average molecular weight is 316 g/mol. The lowest BCUT2D eigenvalue weighted by atomic mass is 10.2. The molecule has 2 N–H and O–H groups in total. The van der Waals surface area contributed by atoms with E-state index in [1.165, 1.54) is 11.3 Å². The van der Waals surface area contributed by atoms with Crippen molar-refractivity contribution in [2.45, 2.75) is 26.3 Å². The summed E-state index contributed by atoms with van der Waals surface area (Å²) < 4.78 is 0. The highest BCUT2D eigenvalue weighted by Gasteiger charge is 2.29. The van der Waals surface area contributed by atoms with Crippen molar-refractivity contribution in [3.63, 3.8) is 0 Å². The molecular weight excluding hydrogens is 300 g/mol. The van der Waals surface area contributed by atoms with Gasteiger partial charge in [0, 0.05) is 11.6 Å². The van der Waals surface area contributed by atoms with E-state index in [9.17, 15) is 9.59 Å². The third-order valence-electron chi connectivity index (χ3n) is 3.33. The number of carbonyl (C=O) groups excluding carboxylic acids is 2. The van der Waals surface area contributed by atoms with Crippen LogP contribution in [0.2, 0.25) is 0 Å². The van der Waals surface area contributed by atoms with Crippen LogP contribution in [-0.2, 0) is 11.3 Å². The third-order valence-corrected chi connectivity index (χ3v) is 4.25. The van der Waals surface area contributed by atoms with Crippen molar-refractivity contribution in [2.75, 3.05) is 5.32 Å². The number of amides is 2. The number of anilines is 1. The highest BCUT2D eigenvalue weighted by molar-refractivity contribution is 7.13. The molecule has 0 bridgehead atoms. The summed E-state index contributed by atoms with van der Waals surface area (Å²) in [6, 6.07) is 7.53. The van der Waals surface area contributed by atoms with Crippen LogP contribution < -0.4 is 10.6 Å². The molecule has 1 aliphatic rings. The van der Waals surface area contributed by atoms with Gasteiger partial charge in [0.15, 0.2) is 0 Å². The molecule has 1 aliphatic carbocycles. The number of nitrogens with one attached hydrogen (secondary N) is 2. The number of hydrogen-bond donors (Lipinski definition) is 2. The van der Waals surface area contributed by atoms with Gasteiger partial charge in [-0.05, 0) is 31.9 Å². The number of aromatic nitrogens is 2. The van der Waals surface area contributed by atoms with Gasteiger partial charge in [-0.3, -0.25) is 9.59 Å². The summed E-state index contributed by atoms with van der Waals surface area (Å²) in [5, 5.41) is 14.3. The van der Waals surface area contributed by atoms with Gasteiger partial charge in [-0.1, -0.05) is 29.0 Å². The SMILES string of the molecule is Cc1ccc(NC(=O)c2nnc(CNC(=O)C3CC3)s2)cc1. The zero-order valence-electron chi connectivity index (χ0n) is 12.1. The van der Waals surface area contributed by atoms with Crippen LogP contribution in [0, 0.1) is 12.8 Å². The zero-order valence-corrected chi connectivity index (χ0v) is 12.9. The summed E-state index contributed by atoms with van der Waals surface area (Å²) in [6.45, 7) is 2.31. The van der Waals surface area contributed by atoms with Crippen LogP contribution in [0.15, 0.2) is 24.3 Å². The third kappa shape index (κ3) is 3.67. The largest absolute Gasteiger partial charge is 0.349 e. The first-order valence-corrected chi connectivity index (χ1v) is 7.91. The lowest BCUT2D eigenvalue weighted by Crippen LogP contribution is -2.24. The lowest BCUT2D eigenvalue weighted by molar-refractivity contribution is -0.122. The van der Waals surface area contributed by atoms with E-state index < -0.39 is 0 Å². The van der Waals surface area contributed by atoms with Gasteiger partial charge < -0.3 is 10.6 Å². The standard InChI is InChI=1S/C15H16N4O2S/c1-9-2-6-11(7-3-9)17-14(21)15-19-18-12(22-15)8-16-13(20)10-4-5-10/h2-3,6-7,10H,4-5,8H2,1H3,(H,16,20)(H,17,21). The van der Waals surface area contributed by atoms with Crippen molar-refractivity contribution in [3.8, 4) is 0 Å². The maximum atomic E-state index is 12.1. The Bertz CT molecular complexity index is 692. The predicted molar refractivity (Wildman–Crippen MR) is 83.6 cm³/mol. The van der Waals surface area contributed by atoms with Crippen molar-refractivity contribution in [3.05, 3.63) is 39.8 Å². The van der Waals surface area contributed by atoms with Crippen molar-refractivity contribution >= 4 is 28.8 Å². The van der Waals surface area contributed by atoms with Crippen LogP contribution >= 0.6 is 11.3 Å². The Morgan fingerprint density at radius 2 is 1.95 bits per heavy atom. The zero-order chi connectivity index (χ0) is 15.5. The molecule has 1 fully saturated rings. The summed E-state index contributed by atoms with van der Waals surface area (Å²) >= 11 is 1.19. The Morgan fingerprint density at radius 1 is 1.23 bits per heavy atom. The second kappa shape index (κ2) is 6.23. The maximum absolute atomic E-state index is 12.1. The molecule has 114 valence electrons. The van der Waals surface area contributed by atoms with Crippen molar-refractivity contribution in [2.24, 2.45) is 5.92 Å². The minimum Gasteiger partial charge on any atom is -0.349 e. The number of carbonyl (C=O) groups is 2. The normalized spacial score (nSPS) is 13.7. The van der Waals surface area contributed by atoms with Gasteiger partial charge >= 0.3 is 0 Å². The predicted octanol–water partition coefficient (Wildman–Crippen LogP) is 2.13. The van der Waals surface area contributed by atoms with E-state index >= 15 is 0 Å². The van der Waals surface area contributed by atoms with Crippen molar-refractivity contribution < 1.29 is 9.59 Å².